The van der Waals surface area contributed by atoms with Gasteiger partial charge >= 0.3 is 17.9 Å². The van der Waals surface area contributed by atoms with Crippen molar-refractivity contribution in [1.29, 1.82) is 0 Å². The zero-order valence-electron chi connectivity index (χ0n) is 24.2. The van der Waals surface area contributed by atoms with Crippen LogP contribution in [0.15, 0.2) is 39.2 Å². The van der Waals surface area contributed by atoms with E-state index >= 15 is 13.2 Å². The monoisotopic (exact) mass is 682 g/mol. The van der Waals surface area contributed by atoms with Crippen molar-refractivity contribution in [3.8, 4) is 11.1 Å². The standard InChI is InChI=1S/C28H29F3N6O5S3/c1-4-20(38)37-14(2)6-35(7-15(37)3)24-16-5-18(28(29,30)31)21(17-8-43-9-19(17)33-25(32)39)23-22(16)36(26(40)34-24)10-27(11-44-23)12-45(41,42)13-27/h4-5,8-9,14-15H,1,6-7,10-13H2,2-3H3,(H3,32,33,39)/t14-,15+. The van der Waals surface area contributed by atoms with Crippen LogP contribution in [0, 0.1) is 5.41 Å². The van der Waals surface area contributed by atoms with Crippen molar-refractivity contribution in [2.45, 2.75) is 43.5 Å². The topological polar surface area (TPSA) is 148 Å². The zero-order valence-corrected chi connectivity index (χ0v) is 26.6. The highest BCUT2D eigenvalue weighted by Gasteiger charge is 2.51. The van der Waals surface area contributed by atoms with E-state index in [1.165, 1.54) is 21.4 Å². The van der Waals surface area contributed by atoms with E-state index in [0.717, 1.165) is 29.2 Å². The summed E-state index contributed by atoms with van der Waals surface area (Å²) in [5.74, 6) is -0.509. The molecule has 0 bridgehead atoms. The molecule has 3 aromatic rings. The van der Waals surface area contributed by atoms with Crippen LogP contribution in [-0.4, -0.2) is 77.2 Å². The minimum absolute atomic E-state index is 0.0376. The van der Waals surface area contributed by atoms with Crippen molar-refractivity contribution >= 4 is 67.3 Å². The van der Waals surface area contributed by atoms with Gasteiger partial charge in [-0.2, -0.15) is 18.2 Å². The van der Waals surface area contributed by atoms with Gasteiger partial charge in [-0.25, -0.2) is 18.0 Å². The smallest absolute Gasteiger partial charge is 0.352 e. The van der Waals surface area contributed by atoms with Gasteiger partial charge in [-0.3, -0.25) is 9.36 Å². The summed E-state index contributed by atoms with van der Waals surface area (Å²) in [7, 11) is -3.37. The van der Waals surface area contributed by atoms with Gasteiger partial charge in [0, 0.05) is 75.1 Å². The molecule has 240 valence electrons. The fraction of sp³-hybridized carbons (Fsp3) is 0.429. The summed E-state index contributed by atoms with van der Waals surface area (Å²) in [5.41, 5.74) is 2.85. The molecule has 6 rings (SSSR count). The van der Waals surface area contributed by atoms with Crippen LogP contribution >= 0.6 is 23.1 Å². The Morgan fingerprint density at radius 1 is 1.20 bits per heavy atom. The van der Waals surface area contributed by atoms with Crippen molar-refractivity contribution in [1.82, 2.24) is 14.5 Å². The van der Waals surface area contributed by atoms with Crippen LogP contribution in [0.3, 0.4) is 0 Å². The number of aromatic nitrogens is 2. The first-order chi connectivity index (χ1) is 21.0. The van der Waals surface area contributed by atoms with E-state index in [2.05, 4.69) is 16.9 Å². The van der Waals surface area contributed by atoms with E-state index in [9.17, 15) is 22.8 Å². The molecule has 1 aromatic carbocycles. The number of alkyl halides is 3. The highest BCUT2D eigenvalue weighted by molar-refractivity contribution is 8.00. The quantitative estimate of drug-likeness (QED) is 0.396. The number of primary amides is 1. The largest absolute Gasteiger partial charge is 0.417 e. The predicted molar refractivity (Wildman–Crippen MR) is 168 cm³/mol. The highest BCUT2D eigenvalue weighted by atomic mass is 32.2. The number of halogens is 3. The third-order valence-corrected chi connectivity index (χ3v) is 12.7. The second-order valence-corrected chi connectivity index (χ2v) is 15.7. The van der Waals surface area contributed by atoms with Gasteiger partial charge in [0.1, 0.15) is 5.82 Å². The van der Waals surface area contributed by atoms with Gasteiger partial charge in [0.2, 0.25) is 5.91 Å². The Labute approximate surface area is 264 Å². The second-order valence-electron chi connectivity index (χ2n) is 11.9. The number of carbonyl (C=O) groups is 2. The van der Waals surface area contributed by atoms with Gasteiger partial charge in [0.25, 0.3) is 0 Å². The minimum atomic E-state index is -4.87. The normalized spacial score (nSPS) is 22.2. The third-order valence-electron chi connectivity index (χ3n) is 8.41. The lowest BCUT2D eigenvalue weighted by Gasteiger charge is -2.44. The SMILES string of the molecule is C=CC(=O)N1[C@H](C)CN(c2nc(=O)n3c4c(c(-c5cscc5NC(N)=O)c(C(F)(F)F)cc24)SCC2(C3)CS(=O)(=O)C2)C[C@@H]1C. The molecule has 5 heterocycles. The lowest BCUT2D eigenvalue weighted by Crippen LogP contribution is -2.59. The molecule has 0 saturated carbocycles. The Morgan fingerprint density at radius 3 is 2.44 bits per heavy atom. The molecular weight excluding hydrogens is 654 g/mol. The maximum absolute atomic E-state index is 15.0. The Balaban J connectivity index is 1.64. The van der Waals surface area contributed by atoms with Crippen LogP contribution < -0.4 is 21.6 Å². The van der Waals surface area contributed by atoms with Gasteiger partial charge in [-0.05, 0) is 26.0 Å². The first kappa shape index (κ1) is 31.4. The number of rotatable bonds is 4. The summed E-state index contributed by atoms with van der Waals surface area (Å²) in [6.45, 7) is 7.51. The van der Waals surface area contributed by atoms with Crippen molar-refractivity contribution in [2.24, 2.45) is 11.1 Å². The van der Waals surface area contributed by atoms with Crippen LogP contribution in [0.1, 0.15) is 19.4 Å². The van der Waals surface area contributed by atoms with E-state index in [-0.39, 0.29) is 93.3 Å². The Morgan fingerprint density at radius 2 is 1.87 bits per heavy atom. The van der Waals surface area contributed by atoms with Crippen LogP contribution in [0.5, 0.6) is 0 Å². The molecule has 45 heavy (non-hydrogen) atoms. The van der Waals surface area contributed by atoms with Gasteiger partial charge < -0.3 is 20.9 Å². The maximum atomic E-state index is 15.0. The number of benzene rings is 1. The number of thiophene rings is 1. The lowest BCUT2D eigenvalue weighted by molar-refractivity contribution is -0.137. The maximum Gasteiger partial charge on any atom is 0.417 e. The predicted octanol–water partition coefficient (Wildman–Crippen LogP) is 3.77. The summed E-state index contributed by atoms with van der Waals surface area (Å²) < 4.78 is 71.0. The Hall–Kier alpha value is -3.57. The number of carbonyl (C=O) groups excluding carboxylic acids is 2. The number of thioether (sulfide) groups is 1. The fourth-order valence-electron chi connectivity index (χ4n) is 6.84. The molecule has 3 N–H and O–H groups in total. The van der Waals surface area contributed by atoms with E-state index in [1.54, 1.807) is 23.6 Å². The number of amides is 3. The van der Waals surface area contributed by atoms with Crippen LogP contribution in [0.2, 0.25) is 0 Å². The first-order valence-electron chi connectivity index (χ1n) is 13.9. The number of nitrogens with one attached hydrogen (secondary N) is 1. The Bertz CT molecular complexity index is 1920. The molecule has 11 nitrogen and oxygen atoms in total. The van der Waals surface area contributed by atoms with E-state index in [0.29, 0.717) is 0 Å². The van der Waals surface area contributed by atoms with Gasteiger partial charge in [-0.15, -0.1) is 23.1 Å². The van der Waals surface area contributed by atoms with Gasteiger partial charge in [0.05, 0.1) is 28.3 Å². The molecule has 1 spiro atoms. The molecule has 0 aliphatic carbocycles. The highest BCUT2D eigenvalue weighted by Crippen LogP contribution is 2.53. The average Bonchev–Trinajstić information content (AvgIpc) is 3.29. The summed E-state index contributed by atoms with van der Waals surface area (Å²) in [6, 6.07) is -0.728. The summed E-state index contributed by atoms with van der Waals surface area (Å²) in [6.07, 6.45) is -3.67. The molecule has 2 fully saturated rings. The van der Waals surface area contributed by atoms with Crippen molar-refractivity contribution in [3.05, 3.63) is 45.5 Å². The molecule has 2 atom stereocenters. The van der Waals surface area contributed by atoms with E-state index in [4.69, 9.17) is 5.73 Å². The fourth-order valence-corrected chi connectivity index (χ4v) is 11.5. The van der Waals surface area contributed by atoms with Crippen molar-refractivity contribution < 1.29 is 31.2 Å². The van der Waals surface area contributed by atoms with E-state index in [1.807, 2.05) is 0 Å². The molecule has 2 saturated heterocycles. The molecule has 2 aromatic heterocycles. The third kappa shape index (κ3) is 5.37. The lowest BCUT2D eigenvalue weighted by atomic mass is 9.93. The summed E-state index contributed by atoms with van der Waals surface area (Å²) in [4.78, 5) is 45.9. The van der Waals surface area contributed by atoms with Crippen LogP contribution in [-0.2, 0) is 27.4 Å². The number of sulfone groups is 1. The van der Waals surface area contributed by atoms with Crippen molar-refractivity contribution in [3.63, 3.8) is 0 Å². The minimum Gasteiger partial charge on any atom is -0.352 e. The molecule has 3 aliphatic heterocycles. The first-order valence-corrected chi connectivity index (χ1v) is 17.6. The summed E-state index contributed by atoms with van der Waals surface area (Å²) in [5, 5.41) is 5.41. The van der Waals surface area contributed by atoms with Crippen LogP contribution in [0.4, 0.5) is 29.5 Å². The molecule has 0 radical (unpaired) electrons. The number of anilines is 2. The molecule has 3 aliphatic rings. The van der Waals surface area contributed by atoms with Gasteiger partial charge in [0.15, 0.2) is 9.84 Å². The molecule has 3 amide bonds. The number of urea groups is 1. The summed E-state index contributed by atoms with van der Waals surface area (Å²) >= 11 is 2.14. The Kier molecular flexibility index (Phi) is 7.51. The van der Waals surface area contributed by atoms with Crippen LogP contribution in [0.25, 0.3) is 22.0 Å². The number of hydrogen-bond acceptors (Lipinski definition) is 9. The molecule has 17 heteroatoms. The number of nitrogens with zero attached hydrogens (tertiary/aromatic N) is 4. The number of piperazine rings is 1. The second kappa shape index (κ2) is 10.8. The number of nitrogens with two attached hydrogens (primary N) is 1. The number of hydrogen-bond donors (Lipinski definition) is 2. The van der Waals surface area contributed by atoms with Crippen molar-refractivity contribution in [2.75, 3.05) is 40.6 Å². The zero-order chi connectivity index (χ0) is 32.6. The molecular formula is C28H29F3N6O5S3. The van der Waals surface area contributed by atoms with E-state index < -0.39 is 38.7 Å². The average molecular weight is 683 g/mol. The van der Waals surface area contributed by atoms with Gasteiger partial charge in [-0.1, -0.05) is 6.58 Å². The molecule has 0 unspecified atom stereocenters.